The molecule has 0 bridgehead atoms. The van der Waals surface area contributed by atoms with Crippen LogP contribution in [0.3, 0.4) is 0 Å². The summed E-state index contributed by atoms with van der Waals surface area (Å²) in [7, 11) is 0. The third-order valence-electron chi connectivity index (χ3n) is 9.68. The van der Waals surface area contributed by atoms with Gasteiger partial charge in [-0.1, -0.05) is 179 Å². The van der Waals surface area contributed by atoms with Crippen molar-refractivity contribution in [1.29, 1.82) is 0 Å². The molecule has 0 aliphatic heterocycles. The highest BCUT2D eigenvalue weighted by molar-refractivity contribution is 5.69. The largest absolute Gasteiger partial charge is 0.481 e. The Balaban J connectivity index is 3.66. The van der Waals surface area contributed by atoms with Gasteiger partial charge in [-0.05, 0) is 70.6 Å². The Labute approximate surface area is 299 Å². The molecule has 0 aromatic carbocycles. The first-order valence-electron chi connectivity index (χ1n) is 21.3. The molecule has 0 saturated carbocycles. The molecular formula is C44H82O4. The highest BCUT2D eigenvalue weighted by atomic mass is 16.5. The van der Waals surface area contributed by atoms with Crippen LogP contribution in [0.15, 0.2) is 24.3 Å². The third kappa shape index (κ3) is 38.9. The molecule has 1 unspecified atom stereocenters. The molecule has 0 saturated heterocycles. The fourth-order valence-electron chi connectivity index (χ4n) is 6.51. The van der Waals surface area contributed by atoms with Gasteiger partial charge in [0.15, 0.2) is 0 Å². The number of rotatable bonds is 39. The second kappa shape index (κ2) is 39.9. The van der Waals surface area contributed by atoms with Gasteiger partial charge < -0.3 is 9.84 Å². The molecule has 0 aliphatic carbocycles. The number of hydrogen-bond donors (Lipinski definition) is 1. The molecule has 0 radical (unpaired) electrons. The highest BCUT2D eigenvalue weighted by Crippen LogP contribution is 2.19. The molecule has 1 N–H and O–H groups in total. The van der Waals surface area contributed by atoms with Crippen molar-refractivity contribution >= 4 is 11.9 Å². The Morgan fingerprint density at radius 2 is 0.812 bits per heavy atom. The SMILES string of the molecule is CCCCC/C=C\C/C=C\CCCCCCCCCCCCCC(=O)OC(CCCCC)CCCCCCCCCCCCCC(=O)O. The summed E-state index contributed by atoms with van der Waals surface area (Å²) in [6.45, 7) is 4.49. The van der Waals surface area contributed by atoms with E-state index in [9.17, 15) is 9.59 Å². The molecule has 0 spiro atoms. The second-order valence-electron chi connectivity index (χ2n) is 14.5. The molecule has 4 heteroatoms. The van der Waals surface area contributed by atoms with Gasteiger partial charge in [0, 0.05) is 12.8 Å². The predicted octanol–water partition coefficient (Wildman–Crippen LogP) is 14.8. The summed E-state index contributed by atoms with van der Waals surface area (Å²) in [5.74, 6) is -0.639. The van der Waals surface area contributed by atoms with Crippen LogP contribution in [0, 0.1) is 0 Å². The van der Waals surface area contributed by atoms with Gasteiger partial charge in [-0.15, -0.1) is 0 Å². The molecule has 0 fully saturated rings. The topological polar surface area (TPSA) is 63.6 Å². The number of carbonyl (C=O) groups is 2. The van der Waals surface area contributed by atoms with Crippen molar-refractivity contribution in [3.8, 4) is 0 Å². The van der Waals surface area contributed by atoms with E-state index < -0.39 is 5.97 Å². The van der Waals surface area contributed by atoms with E-state index in [1.165, 1.54) is 167 Å². The first-order valence-corrected chi connectivity index (χ1v) is 21.3. The van der Waals surface area contributed by atoms with Crippen LogP contribution in [0.2, 0.25) is 0 Å². The van der Waals surface area contributed by atoms with Gasteiger partial charge in [-0.25, -0.2) is 0 Å². The molecule has 0 amide bonds. The van der Waals surface area contributed by atoms with Crippen LogP contribution in [0.4, 0.5) is 0 Å². The first kappa shape index (κ1) is 46.4. The zero-order valence-electron chi connectivity index (χ0n) is 32.3. The van der Waals surface area contributed by atoms with E-state index in [1.54, 1.807) is 0 Å². The number of unbranched alkanes of at least 4 members (excludes halogenated alkanes) is 26. The van der Waals surface area contributed by atoms with E-state index in [-0.39, 0.29) is 12.1 Å². The average Bonchev–Trinajstić information content (AvgIpc) is 3.07. The quantitative estimate of drug-likeness (QED) is 0.0400. The van der Waals surface area contributed by atoms with Crippen LogP contribution in [0.5, 0.6) is 0 Å². The van der Waals surface area contributed by atoms with Gasteiger partial charge in [0.2, 0.25) is 0 Å². The summed E-state index contributed by atoms with van der Waals surface area (Å²) in [4.78, 5) is 23.1. The van der Waals surface area contributed by atoms with E-state index in [1.807, 2.05) is 0 Å². The minimum Gasteiger partial charge on any atom is -0.481 e. The lowest BCUT2D eigenvalue weighted by molar-refractivity contribution is -0.150. The van der Waals surface area contributed by atoms with Crippen LogP contribution >= 0.6 is 0 Å². The summed E-state index contributed by atoms with van der Waals surface area (Å²) in [5.41, 5.74) is 0. The summed E-state index contributed by atoms with van der Waals surface area (Å²) in [6, 6.07) is 0. The van der Waals surface area contributed by atoms with Crippen molar-refractivity contribution in [3.63, 3.8) is 0 Å². The van der Waals surface area contributed by atoms with Gasteiger partial charge in [0.25, 0.3) is 0 Å². The number of ether oxygens (including phenoxy) is 1. The van der Waals surface area contributed by atoms with Gasteiger partial charge >= 0.3 is 11.9 Å². The van der Waals surface area contributed by atoms with Crippen molar-refractivity contribution in [3.05, 3.63) is 24.3 Å². The van der Waals surface area contributed by atoms with Crippen LogP contribution in [-0.2, 0) is 14.3 Å². The number of carbonyl (C=O) groups excluding carboxylic acids is 1. The van der Waals surface area contributed by atoms with Crippen LogP contribution in [0.25, 0.3) is 0 Å². The standard InChI is InChI=1S/C44H82O4/c1-3-5-7-8-9-10-11-12-13-14-15-16-17-18-19-20-24-27-30-33-37-41-44(47)48-42(38-34-6-4-2)39-35-31-28-25-22-21-23-26-29-32-36-40-43(45)46/h9-10,12-13,42H,3-8,11,14-41H2,1-2H3,(H,45,46)/b10-9-,13-12-. The molecule has 282 valence electrons. The average molecular weight is 675 g/mol. The van der Waals surface area contributed by atoms with Gasteiger partial charge in [0.05, 0.1) is 0 Å². The molecule has 48 heavy (non-hydrogen) atoms. The lowest BCUT2D eigenvalue weighted by atomic mass is 10.0. The van der Waals surface area contributed by atoms with E-state index in [2.05, 4.69) is 38.2 Å². The normalized spacial score (nSPS) is 12.4. The van der Waals surface area contributed by atoms with Crippen LogP contribution in [0.1, 0.15) is 239 Å². The molecule has 4 nitrogen and oxygen atoms in total. The van der Waals surface area contributed by atoms with Crippen molar-refractivity contribution in [1.82, 2.24) is 0 Å². The highest BCUT2D eigenvalue weighted by Gasteiger charge is 2.14. The molecular weight excluding hydrogens is 592 g/mol. The Bertz CT molecular complexity index is 727. The minimum atomic E-state index is -0.672. The lowest BCUT2D eigenvalue weighted by Gasteiger charge is -2.18. The van der Waals surface area contributed by atoms with Crippen LogP contribution in [-0.4, -0.2) is 23.1 Å². The molecule has 0 aromatic heterocycles. The Hall–Kier alpha value is -1.58. The summed E-state index contributed by atoms with van der Waals surface area (Å²) in [5, 5.41) is 8.69. The number of carboxylic acid groups (broad SMARTS) is 1. The Kier molecular flexibility index (Phi) is 38.5. The lowest BCUT2D eigenvalue weighted by Crippen LogP contribution is -2.18. The molecule has 0 rings (SSSR count). The summed E-state index contributed by atoms with van der Waals surface area (Å²) < 4.78 is 5.98. The Morgan fingerprint density at radius 1 is 0.458 bits per heavy atom. The molecule has 1 atom stereocenters. The van der Waals surface area contributed by atoms with E-state index >= 15 is 0 Å². The maximum absolute atomic E-state index is 12.6. The van der Waals surface area contributed by atoms with Crippen molar-refractivity contribution < 1.29 is 19.4 Å². The molecule has 0 aromatic rings. The number of allylic oxidation sites excluding steroid dienone is 4. The fraction of sp³-hybridized carbons (Fsp3) is 0.864. The molecule has 0 aliphatic rings. The van der Waals surface area contributed by atoms with Crippen LogP contribution < -0.4 is 0 Å². The minimum absolute atomic E-state index is 0.0320. The van der Waals surface area contributed by atoms with Gasteiger partial charge in [-0.3, -0.25) is 9.59 Å². The number of esters is 1. The van der Waals surface area contributed by atoms with Crippen molar-refractivity contribution in [2.45, 2.75) is 245 Å². The number of hydrogen-bond acceptors (Lipinski definition) is 3. The summed E-state index contributed by atoms with van der Waals surface area (Å²) >= 11 is 0. The smallest absolute Gasteiger partial charge is 0.306 e. The monoisotopic (exact) mass is 675 g/mol. The maximum atomic E-state index is 12.6. The number of aliphatic carboxylic acids is 1. The van der Waals surface area contributed by atoms with E-state index in [0.29, 0.717) is 12.8 Å². The Morgan fingerprint density at radius 3 is 1.27 bits per heavy atom. The maximum Gasteiger partial charge on any atom is 0.306 e. The number of carboxylic acids is 1. The van der Waals surface area contributed by atoms with Crippen molar-refractivity contribution in [2.75, 3.05) is 0 Å². The van der Waals surface area contributed by atoms with E-state index in [4.69, 9.17) is 9.84 Å². The second-order valence-corrected chi connectivity index (χ2v) is 14.5. The van der Waals surface area contributed by atoms with Gasteiger partial charge in [-0.2, -0.15) is 0 Å². The zero-order chi connectivity index (χ0) is 35.0. The van der Waals surface area contributed by atoms with Gasteiger partial charge in [0.1, 0.15) is 6.10 Å². The van der Waals surface area contributed by atoms with E-state index in [0.717, 1.165) is 44.9 Å². The van der Waals surface area contributed by atoms with Crippen molar-refractivity contribution in [2.24, 2.45) is 0 Å². The predicted molar refractivity (Wildman–Crippen MR) is 209 cm³/mol. The fourth-order valence-corrected chi connectivity index (χ4v) is 6.51. The first-order chi connectivity index (χ1) is 23.6. The zero-order valence-corrected chi connectivity index (χ0v) is 32.3. The molecule has 0 heterocycles. The summed E-state index contributed by atoms with van der Waals surface area (Å²) in [6.07, 6.45) is 51.0. The third-order valence-corrected chi connectivity index (χ3v) is 9.68.